The molecule has 1 atom stereocenters. The number of benzene rings is 8. The average Bonchev–Trinajstić information content (AvgIpc) is 3.75. The number of hydrogen-bond donors (Lipinski definition) is 0. The maximum Gasteiger partial charge on any atom is 0.0737 e. The Morgan fingerprint density at radius 2 is 0.917 bits per heavy atom. The van der Waals surface area contributed by atoms with Crippen LogP contribution in [0.1, 0.15) is 22.3 Å². The summed E-state index contributed by atoms with van der Waals surface area (Å²) in [4.78, 5) is 2.44. The van der Waals surface area contributed by atoms with Crippen molar-refractivity contribution >= 4 is 27.8 Å². The van der Waals surface area contributed by atoms with E-state index < -0.39 is 0 Å². The molecule has 8 aromatic rings. The van der Waals surface area contributed by atoms with Crippen LogP contribution in [-0.2, 0) is 5.41 Å². The summed E-state index contributed by atoms with van der Waals surface area (Å²) >= 11 is 0. The van der Waals surface area contributed by atoms with Crippen LogP contribution in [0.3, 0.4) is 0 Å². The van der Waals surface area contributed by atoms with Gasteiger partial charge in [0.15, 0.2) is 0 Å². The van der Waals surface area contributed by atoms with Crippen LogP contribution in [-0.4, -0.2) is 0 Å². The molecule has 1 heteroatoms. The van der Waals surface area contributed by atoms with Gasteiger partial charge in [0.2, 0.25) is 0 Å². The predicted octanol–water partition coefficient (Wildman–Crippen LogP) is 12.3. The normalized spacial score (nSPS) is 15.6. The van der Waals surface area contributed by atoms with Crippen LogP contribution in [0.4, 0.5) is 17.1 Å². The van der Waals surface area contributed by atoms with E-state index >= 15 is 0 Å². The second kappa shape index (κ2) is 9.44. The van der Waals surface area contributed by atoms with Crippen molar-refractivity contribution < 1.29 is 0 Å². The maximum atomic E-state index is 2.45. The Morgan fingerprint density at radius 3 is 1.71 bits per heavy atom. The number of hydrogen-bond acceptors (Lipinski definition) is 1. The lowest BCUT2D eigenvalue weighted by Crippen LogP contribution is -2.23. The molecule has 0 saturated heterocycles. The first-order chi connectivity index (χ1) is 23.8. The van der Waals surface area contributed by atoms with Gasteiger partial charge in [0.25, 0.3) is 0 Å². The van der Waals surface area contributed by atoms with Crippen molar-refractivity contribution in [1.82, 2.24) is 0 Å². The van der Waals surface area contributed by atoms with E-state index in [0.717, 1.165) is 17.1 Å². The number of para-hydroxylation sites is 2. The topological polar surface area (TPSA) is 3.24 Å². The Balaban J connectivity index is 1.16. The van der Waals surface area contributed by atoms with E-state index in [1.54, 1.807) is 0 Å². The summed E-state index contributed by atoms with van der Waals surface area (Å²) in [5.41, 5.74) is 19.5. The quantitative estimate of drug-likeness (QED) is 0.192. The third-order valence-electron chi connectivity index (χ3n) is 11.0. The monoisotopic (exact) mass is 607 g/mol. The second-order valence-electron chi connectivity index (χ2n) is 13.2. The molecular formula is C47H29N. The first-order valence-corrected chi connectivity index (χ1v) is 16.8. The summed E-state index contributed by atoms with van der Waals surface area (Å²) in [6.45, 7) is 0. The fourth-order valence-electron chi connectivity index (χ4n) is 9.16. The molecular weight excluding hydrogens is 579 g/mol. The van der Waals surface area contributed by atoms with E-state index in [2.05, 4.69) is 181 Å². The second-order valence-corrected chi connectivity index (χ2v) is 13.2. The molecule has 0 radical (unpaired) electrons. The van der Waals surface area contributed by atoms with Gasteiger partial charge in [-0.25, -0.2) is 0 Å². The van der Waals surface area contributed by atoms with Crippen LogP contribution < -0.4 is 4.90 Å². The molecule has 8 aromatic carbocycles. The van der Waals surface area contributed by atoms with E-state index in [1.165, 1.54) is 77.5 Å². The minimum absolute atomic E-state index is 0.275. The van der Waals surface area contributed by atoms with E-state index in [-0.39, 0.29) is 5.41 Å². The number of rotatable bonds is 4. The smallest absolute Gasteiger partial charge is 0.0737 e. The van der Waals surface area contributed by atoms with Gasteiger partial charge in [-0.2, -0.15) is 0 Å². The largest absolute Gasteiger partial charge is 0.310 e. The van der Waals surface area contributed by atoms with E-state index in [9.17, 15) is 0 Å². The van der Waals surface area contributed by atoms with Gasteiger partial charge < -0.3 is 4.90 Å². The van der Waals surface area contributed by atoms with Crippen LogP contribution in [0.25, 0.3) is 55.3 Å². The summed E-state index contributed by atoms with van der Waals surface area (Å²) in [5.74, 6) is 0. The van der Waals surface area contributed by atoms with Crippen molar-refractivity contribution in [3.8, 4) is 44.5 Å². The highest BCUT2D eigenvalue weighted by molar-refractivity contribution is 6.06. The van der Waals surface area contributed by atoms with Crippen molar-refractivity contribution in [3.05, 3.63) is 198 Å². The van der Waals surface area contributed by atoms with Gasteiger partial charge in [-0.3, -0.25) is 0 Å². The maximum absolute atomic E-state index is 2.45. The van der Waals surface area contributed by atoms with Crippen LogP contribution in [0.5, 0.6) is 0 Å². The van der Waals surface area contributed by atoms with Crippen molar-refractivity contribution in [3.63, 3.8) is 0 Å². The zero-order valence-corrected chi connectivity index (χ0v) is 26.2. The minimum Gasteiger partial charge on any atom is -0.310 e. The zero-order chi connectivity index (χ0) is 31.4. The van der Waals surface area contributed by atoms with E-state index in [1.807, 2.05) is 0 Å². The molecule has 222 valence electrons. The standard InChI is InChI=1S/C47H29N/c1-2-14-33(15-3-1)48(44-23-9-7-16-35(44)32-25-24-30-12-4-5-13-31(30)28-32)34-26-27-43-41(29-34)40-21-11-20-39-38-19-10-18-37-36-17-6-8-22-42(36)47(43,45(37)38)46(39)40/h1-29H. The molecule has 0 saturated carbocycles. The summed E-state index contributed by atoms with van der Waals surface area (Å²) in [5, 5.41) is 2.50. The highest BCUT2D eigenvalue weighted by Crippen LogP contribution is 2.70. The van der Waals surface area contributed by atoms with Gasteiger partial charge in [0.1, 0.15) is 0 Å². The van der Waals surface area contributed by atoms with Crippen molar-refractivity contribution in [1.29, 1.82) is 0 Å². The lowest BCUT2D eigenvalue weighted by atomic mass is 9.73. The summed E-state index contributed by atoms with van der Waals surface area (Å²) < 4.78 is 0. The molecule has 48 heavy (non-hydrogen) atoms. The fourth-order valence-corrected chi connectivity index (χ4v) is 9.16. The minimum atomic E-state index is -0.275. The molecule has 11 rings (SSSR count). The van der Waals surface area contributed by atoms with Gasteiger partial charge in [0.05, 0.1) is 11.1 Å². The van der Waals surface area contributed by atoms with Gasteiger partial charge in [0, 0.05) is 16.9 Å². The molecule has 0 aromatic heterocycles. The molecule has 0 aliphatic heterocycles. The summed E-state index contributed by atoms with van der Waals surface area (Å²) in [6.07, 6.45) is 0. The number of nitrogens with zero attached hydrogens (tertiary/aromatic N) is 1. The van der Waals surface area contributed by atoms with Gasteiger partial charge >= 0.3 is 0 Å². The number of fused-ring (bicyclic) bond motifs is 6. The Bertz CT molecular complexity index is 2620. The van der Waals surface area contributed by atoms with Crippen LogP contribution in [0, 0.1) is 0 Å². The third-order valence-corrected chi connectivity index (χ3v) is 11.0. The van der Waals surface area contributed by atoms with Crippen LogP contribution in [0.15, 0.2) is 176 Å². The number of anilines is 3. The van der Waals surface area contributed by atoms with Crippen LogP contribution >= 0.6 is 0 Å². The van der Waals surface area contributed by atoms with Crippen molar-refractivity contribution in [2.75, 3.05) is 4.90 Å². The third kappa shape index (κ3) is 3.21. The Morgan fingerprint density at radius 1 is 0.333 bits per heavy atom. The Hall–Kier alpha value is -6.18. The first kappa shape index (κ1) is 25.9. The van der Waals surface area contributed by atoms with Gasteiger partial charge in [-0.05, 0) is 108 Å². The predicted molar refractivity (Wildman–Crippen MR) is 199 cm³/mol. The molecule has 0 bridgehead atoms. The molecule has 0 fully saturated rings. The molecule has 3 aliphatic carbocycles. The highest BCUT2D eigenvalue weighted by Gasteiger charge is 2.57. The lowest BCUT2D eigenvalue weighted by Gasteiger charge is -2.30. The summed E-state index contributed by atoms with van der Waals surface area (Å²) in [6, 6.07) is 65.2. The molecule has 1 nitrogen and oxygen atoms in total. The van der Waals surface area contributed by atoms with Crippen molar-refractivity contribution in [2.24, 2.45) is 0 Å². The SMILES string of the molecule is c1ccc(N(c2ccc3c(c2)-c2cccc4c2C32c3ccccc3-c3cccc-4c32)c2ccccc2-c2ccc3ccccc3c2)cc1. The summed E-state index contributed by atoms with van der Waals surface area (Å²) in [7, 11) is 0. The molecule has 0 N–H and O–H groups in total. The molecule has 0 heterocycles. The average molecular weight is 608 g/mol. The van der Waals surface area contributed by atoms with Crippen molar-refractivity contribution in [2.45, 2.75) is 5.41 Å². The Labute approximate surface area is 280 Å². The molecule has 0 amide bonds. The van der Waals surface area contributed by atoms with Gasteiger partial charge in [-0.1, -0.05) is 140 Å². The zero-order valence-electron chi connectivity index (χ0n) is 26.2. The highest BCUT2D eigenvalue weighted by atomic mass is 15.1. The van der Waals surface area contributed by atoms with Gasteiger partial charge in [-0.15, -0.1) is 0 Å². The molecule has 3 aliphatic rings. The molecule has 1 unspecified atom stereocenters. The van der Waals surface area contributed by atoms with E-state index in [4.69, 9.17) is 0 Å². The van der Waals surface area contributed by atoms with Crippen LogP contribution in [0.2, 0.25) is 0 Å². The molecule has 1 spiro atoms. The Kier molecular flexibility index (Phi) is 5.10. The fraction of sp³-hybridized carbons (Fsp3) is 0.0213. The lowest BCUT2D eigenvalue weighted by molar-refractivity contribution is 0.818. The van der Waals surface area contributed by atoms with E-state index in [0.29, 0.717) is 0 Å². The first-order valence-electron chi connectivity index (χ1n) is 16.8.